The highest BCUT2D eigenvalue weighted by atomic mass is 35.5. The monoisotopic (exact) mass is 258 g/mol. The Hall–Kier alpha value is -0.440. The molecular weight excluding hydrogens is 243 g/mol. The van der Waals surface area contributed by atoms with E-state index in [1.54, 1.807) is 0 Å². The van der Waals surface area contributed by atoms with Gasteiger partial charge in [0.2, 0.25) is 0 Å². The van der Waals surface area contributed by atoms with Crippen LogP contribution in [-0.4, -0.2) is 20.6 Å². The minimum atomic E-state index is -0.0934. The molecule has 1 heterocycles. The Morgan fingerprint density at radius 3 is 2.56 bits per heavy atom. The van der Waals surface area contributed by atoms with Crippen LogP contribution < -0.4 is 10.2 Å². The molecule has 2 rings (SSSR count). The molecule has 1 aromatic rings. The van der Waals surface area contributed by atoms with Crippen LogP contribution in [0.25, 0.3) is 0 Å². The van der Waals surface area contributed by atoms with E-state index in [9.17, 15) is 0 Å². The van der Waals surface area contributed by atoms with Gasteiger partial charge in [-0.3, -0.25) is 0 Å². The third-order valence-electron chi connectivity index (χ3n) is 3.51. The van der Waals surface area contributed by atoms with E-state index in [2.05, 4.69) is 24.2 Å². The Morgan fingerprint density at radius 1 is 1.31 bits per heavy atom. The summed E-state index contributed by atoms with van der Waals surface area (Å²) in [6.07, 6.45) is 1.02. The average Bonchev–Trinajstić information content (AvgIpc) is 2.27. The summed E-state index contributed by atoms with van der Waals surface area (Å²) in [6.45, 7) is 3.14. The van der Waals surface area contributed by atoms with Crippen LogP contribution in [0.2, 0.25) is 10.0 Å². The molecule has 1 unspecified atom stereocenters. The molecule has 0 radical (unpaired) electrons. The fraction of sp³-hybridized carbons (Fsp3) is 0.500. The van der Waals surface area contributed by atoms with E-state index in [1.807, 2.05) is 19.2 Å². The third kappa shape index (κ3) is 1.69. The first-order valence-corrected chi connectivity index (χ1v) is 6.14. The number of rotatable bonds is 1. The van der Waals surface area contributed by atoms with Crippen molar-refractivity contribution < 1.29 is 0 Å². The van der Waals surface area contributed by atoms with Gasteiger partial charge in [-0.25, -0.2) is 0 Å². The lowest BCUT2D eigenvalue weighted by molar-refractivity contribution is 0.359. The number of nitrogens with zero attached hydrogens (tertiary/aromatic N) is 1. The average molecular weight is 259 g/mol. The topological polar surface area (TPSA) is 15.3 Å². The second-order valence-corrected chi connectivity index (χ2v) is 5.32. The predicted molar refractivity (Wildman–Crippen MR) is 70.8 cm³/mol. The standard InChI is InChI=1S/C12H16Cl2N2/c1-12(15-2)6-7-16(3)11-9(14)5-4-8(13)10(11)12/h4-5,15H,6-7H2,1-3H3. The van der Waals surface area contributed by atoms with Gasteiger partial charge in [-0.15, -0.1) is 0 Å². The summed E-state index contributed by atoms with van der Waals surface area (Å²) in [4.78, 5) is 2.17. The highest BCUT2D eigenvalue weighted by molar-refractivity contribution is 6.36. The Kier molecular flexibility index (Phi) is 3.08. The molecule has 4 heteroatoms. The lowest BCUT2D eigenvalue weighted by atomic mass is 9.84. The highest BCUT2D eigenvalue weighted by Crippen LogP contribution is 2.45. The molecule has 1 aliphatic heterocycles. The Morgan fingerprint density at radius 2 is 1.94 bits per heavy atom. The van der Waals surface area contributed by atoms with Gasteiger partial charge >= 0.3 is 0 Å². The van der Waals surface area contributed by atoms with Crippen LogP contribution >= 0.6 is 23.2 Å². The normalized spacial score (nSPS) is 24.4. The maximum atomic E-state index is 6.32. The Labute approximate surface area is 107 Å². The van der Waals surface area contributed by atoms with E-state index in [4.69, 9.17) is 23.2 Å². The fourth-order valence-electron chi connectivity index (χ4n) is 2.32. The zero-order chi connectivity index (χ0) is 11.9. The Bertz CT molecular complexity index is 420. The SMILES string of the molecule is CNC1(C)CCN(C)c2c(Cl)ccc(Cl)c21. The minimum Gasteiger partial charge on any atom is -0.373 e. The van der Waals surface area contributed by atoms with E-state index in [0.717, 1.165) is 34.3 Å². The van der Waals surface area contributed by atoms with E-state index >= 15 is 0 Å². The van der Waals surface area contributed by atoms with Gasteiger partial charge in [-0.05, 0) is 32.5 Å². The highest BCUT2D eigenvalue weighted by Gasteiger charge is 2.35. The maximum absolute atomic E-state index is 6.32. The number of nitrogens with one attached hydrogen (secondary N) is 1. The van der Waals surface area contributed by atoms with Crippen LogP contribution in [0.5, 0.6) is 0 Å². The zero-order valence-electron chi connectivity index (χ0n) is 9.77. The third-order valence-corrected chi connectivity index (χ3v) is 4.13. The van der Waals surface area contributed by atoms with Crippen molar-refractivity contribution in [3.8, 4) is 0 Å². The van der Waals surface area contributed by atoms with Crippen LogP contribution in [0.3, 0.4) is 0 Å². The molecule has 0 saturated carbocycles. The largest absolute Gasteiger partial charge is 0.373 e. The summed E-state index contributed by atoms with van der Waals surface area (Å²) < 4.78 is 0. The summed E-state index contributed by atoms with van der Waals surface area (Å²) in [5.74, 6) is 0. The first-order chi connectivity index (χ1) is 7.49. The van der Waals surface area contributed by atoms with Gasteiger partial charge in [-0.1, -0.05) is 23.2 Å². The molecule has 0 fully saturated rings. The van der Waals surface area contributed by atoms with E-state index in [-0.39, 0.29) is 5.54 Å². The number of anilines is 1. The van der Waals surface area contributed by atoms with Gasteiger partial charge in [-0.2, -0.15) is 0 Å². The quantitative estimate of drug-likeness (QED) is 0.832. The Balaban J connectivity index is 2.70. The molecule has 1 aromatic carbocycles. The van der Waals surface area contributed by atoms with Gasteiger partial charge in [0.05, 0.1) is 10.7 Å². The van der Waals surface area contributed by atoms with Crippen molar-refractivity contribution >= 4 is 28.9 Å². The second-order valence-electron chi connectivity index (χ2n) is 4.51. The molecule has 0 spiro atoms. The van der Waals surface area contributed by atoms with Crippen molar-refractivity contribution in [3.63, 3.8) is 0 Å². The smallest absolute Gasteiger partial charge is 0.0644 e. The number of benzene rings is 1. The van der Waals surface area contributed by atoms with Gasteiger partial charge < -0.3 is 10.2 Å². The summed E-state index contributed by atoms with van der Waals surface area (Å²) in [6, 6.07) is 3.73. The van der Waals surface area contributed by atoms with Crippen LogP contribution in [-0.2, 0) is 5.54 Å². The molecule has 0 aliphatic carbocycles. The zero-order valence-corrected chi connectivity index (χ0v) is 11.3. The van der Waals surface area contributed by atoms with E-state index in [1.165, 1.54) is 0 Å². The number of fused-ring (bicyclic) bond motifs is 1. The molecular formula is C12H16Cl2N2. The van der Waals surface area contributed by atoms with Crippen LogP contribution in [0, 0.1) is 0 Å². The summed E-state index contributed by atoms with van der Waals surface area (Å²) in [5.41, 5.74) is 2.07. The van der Waals surface area contributed by atoms with Crippen LogP contribution in [0.15, 0.2) is 12.1 Å². The lowest BCUT2D eigenvalue weighted by Crippen LogP contribution is -2.45. The molecule has 0 amide bonds. The molecule has 1 N–H and O–H groups in total. The summed E-state index contributed by atoms with van der Waals surface area (Å²) in [5, 5.41) is 4.90. The van der Waals surface area contributed by atoms with Gasteiger partial charge in [0, 0.05) is 29.7 Å². The summed E-state index contributed by atoms with van der Waals surface area (Å²) >= 11 is 12.6. The minimum absolute atomic E-state index is 0.0934. The van der Waals surface area contributed by atoms with Crippen molar-refractivity contribution in [2.45, 2.75) is 18.9 Å². The van der Waals surface area contributed by atoms with Gasteiger partial charge in [0.25, 0.3) is 0 Å². The van der Waals surface area contributed by atoms with E-state index < -0.39 is 0 Å². The van der Waals surface area contributed by atoms with Crippen molar-refractivity contribution in [1.82, 2.24) is 5.32 Å². The van der Waals surface area contributed by atoms with Crippen LogP contribution in [0.1, 0.15) is 18.9 Å². The number of hydrogen-bond acceptors (Lipinski definition) is 2. The predicted octanol–water partition coefficient (Wildman–Crippen LogP) is 3.27. The molecule has 0 saturated heterocycles. The van der Waals surface area contributed by atoms with Crippen molar-refractivity contribution in [3.05, 3.63) is 27.7 Å². The number of halogens is 2. The molecule has 88 valence electrons. The van der Waals surface area contributed by atoms with Gasteiger partial charge in [0.15, 0.2) is 0 Å². The van der Waals surface area contributed by atoms with Crippen LogP contribution in [0.4, 0.5) is 5.69 Å². The molecule has 0 aromatic heterocycles. The molecule has 1 atom stereocenters. The fourth-order valence-corrected chi connectivity index (χ4v) is 2.98. The molecule has 1 aliphatic rings. The van der Waals surface area contributed by atoms with Gasteiger partial charge in [0.1, 0.15) is 0 Å². The summed E-state index contributed by atoms with van der Waals surface area (Å²) in [7, 11) is 4.02. The first-order valence-electron chi connectivity index (χ1n) is 5.38. The van der Waals surface area contributed by atoms with Crippen molar-refractivity contribution in [1.29, 1.82) is 0 Å². The second kappa shape index (κ2) is 4.10. The number of hydrogen-bond donors (Lipinski definition) is 1. The first kappa shape index (κ1) is 12.0. The lowest BCUT2D eigenvalue weighted by Gasteiger charge is -2.41. The van der Waals surface area contributed by atoms with E-state index in [0.29, 0.717) is 0 Å². The van der Waals surface area contributed by atoms with Crippen molar-refractivity contribution in [2.24, 2.45) is 0 Å². The molecule has 16 heavy (non-hydrogen) atoms. The molecule has 2 nitrogen and oxygen atoms in total. The molecule has 0 bridgehead atoms. The van der Waals surface area contributed by atoms with Crippen molar-refractivity contribution in [2.75, 3.05) is 25.5 Å². The maximum Gasteiger partial charge on any atom is 0.0644 e.